The quantitative estimate of drug-likeness (QED) is 0.426. The van der Waals surface area contributed by atoms with Crippen molar-refractivity contribution in [2.45, 2.75) is 6.42 Å². The van der Waals surface area contributed by atoms with Gasteiger partial charge in [-0.3, -0.25) is 4.79 Å². The number of carbonyl (C=O) groups is 1. The number of hydrogen-bond donors (Lipinski definition) is 2. The number of ketones is 1. The van der Waals surface area contributed by atoms with Crippen molar-refractivity contribution in [1.29, 1.82) is 0 Å². The minimum atomic E-state index is -0.386. The summed E-state index contributed by atoms with van der Waals surface area (Å²) in [6, 6.07) is 8.19. The summed E-state index contributed by atoms with van der Waals surface area (Å²) in [5.41, 5.74) is 0.981. The first kappa shape index (κ1) is 15.0. The first-order valence-corrected chi connectivity index (χ1v) is 7.51. The Morgan fingerprint density at radius 1 is 1.39 bits per heavy atom. The summed E-state index contributed by atoms with van der Waals surface area (Å²) in [7, 11) is 0. The number of H-pyrrole nitrogens is 1. The topological polar surface area (TPSA) is 91.8 Å². The molecule has 0 saturated carbocycles. The molecule has 6 nitrogen and oxygen atoms in total. The Labute approximate surface area is 134 Å². The standard InChI is InChI=1S/C15H11FN4O2S/c16-12-4-2-1-3-9(12)5-11-6-10(8-23-11)13(21)7-14(22)15-17-19-20-18-15/h1-4,6-8,22H,5H2,(H,17,18,19,20). The van der Waals surface area contributed by atoms with Crippen molar-refractivity contribution in [3.05, 3.63) is 69.4 Å². The number of nitrogens with one attached hydrogen (secondary N) is 1. The minimum Gasteiger partial charge on any atom is -0.504 e. The van der Waals surface area contributed by atoms with Gasteiger partial charge in [0.1, 0.15) is 5.82 Å². The van der Waals surface area contributed by atoms with Gasteiger partial charge in [-0.1, -0.05) is 18.2 Å². The van der Waals surface area contributed by atoms with E-state index in [1.54, 1.807) is 29.6 Å². The molecule has 0 bridgehead atoms. The highest BCUT2D eigenvalue weighted by molar-refractivity contribution is 7.10. The van der Waals surface area contributed by atoms with Crippen LogP contribution >= 0.6 is 11.3 Å². The van der Waals surface area contributed by atoms with E-state index in [4.69, 9.17) is 0 Å². The van der Waals surface area contributed by atoms with Gasteiger partial charge in [-0.25, -0.2) is 4.39 Å². The highest BCUT2D eigenvalue weighted by atomic mass is 32.1. The van der Waals surface area contributed by atoms with Gasteiger partial charge >= 0.3 is 0 Å². The number of allylic oxidation sites excluding steroid dienone is 1. The molecule has 0 radical (unpaired) electrons. The lowest BCUT2D eigenvalue weighted by Crippen LogP contribution is -1.96. The van der Waals surface area contributed by atoms with Crippen LogP contribution < -0.4 is 0 Å². The number of halogens is 1. The van der Waals surface area contributed by atoms with E-state index in [0.29, 0.717) is 17.5 Å². The van der Waals surface area contributed by atoms with Crippen molar-refractivity contribution in [3.8, 4) is 0 Å². The molecule has 0 atom stereocenters. The van der Waals surface area contributed by atoms with Crippen LogP contribution in [0.25, 0.3) is 5.76 Å². The van der Waals surface area contributed by atoms with E-state index >= 15 is 0 Å². The fourth-order valence-corrected chi connectivity index (χ4v) is 2.87. The number of aliphatic hydroxyl groups is 1. The summed E-state index contributed by atoms with van der Waals surface area (Å²) < 4.78 is 13.6. The zero-order valence-electron chi connectivity index (χ0n) is 11.7. The van der Waals surface area contributed by atoms with E-state index in [1.165, 1.54) is 17.4 Å². The van der Waals surface area contributed by atoms with Crippen LogP contribution in [-0.4, -0.2) is 31.5 Å². The minimum absolute atomic E-state index is 0.0554. The van der Waals surface area contributed by atoms with E-state index in [-0.39, 0.29) is 23.2 Å². The Kier molecular flexibility index (Phi) is 4.24. The lowest BCUT2D eigenvalue weighted by Gasteiger charge is -1.99. The molecule has 0 unspecified atom stereocenters. The Balaban J connectivity index is 1.75. The molecule has 1 aromatic carbocycles. The Morgan fingerprint density at radius 2 is 2.22 bits per heavy atom. The van der Waals surface area contributed by atoms with Crippen LogP contribution in [-0.2, 0) is 6.42 Å². The number of carbonyl (C=O) groups excluding carboxylic acids is 1. The van der Waals surface area contributed by atoms with Crippen LogP contribution in [0.1, 0.15) is 26.6 Å². The molecule has 2 N–H and O–H groups in total. The third-order valence-electron chi connectivity index (χ3n) is 3.10. The Morgan fingerprint density at radius 3 is 2.96 bits per heavy atom. The Bertz CT molecular complexity index is 858. The molecule has 0 aliphatic carbocycles. The number of aromatic amines is 1. The monoisotopic (exact) mass is 330 g/mol. The maximum atomic E-state index is 13.6. The molecule has 116 valence electrons. The molecule has 2 heterocycles. The van der Waals surface area contributed by atoms with Gasteiger partial charge < -0.3 is 5.11 Å². The summed E-state index contributed by atoms with van der Waals surface area (Å²) in [6.07, 6.45) is 1.44. The first-order chi connectivity index (χ1) is 11.1. The first-order valence-electron chi connectivity index (χ1n) is 6.63. The van der Waals surface area contributed by atoms with E-state index in [0.717, 1.165) is 11.0 Å². The maximum Gasteiger partial charge on any atom is 0.239 e. The van der Waals surface area contributed by atoms with Gasteiger partial charge in [-0.2, -0.15) is 5.21 Å². The van der Waals surface area contributed by atoms with Crippen molar-refractivity contribution in [3.63, 3.8) is 0 Å². The van der Waals surface area contributed by atoms with Crippen molar-refractivity contribution in [2.75, 3.05) is 0 Å². The van der Waals surface area contributed by atoms with Crippen LogP contribution in [0, 0.1) is 5.82 Å². The van der Waals surface area contributed by atoms with E-state index in [1.807, 2.05) is 0 Å². The van der Waals surface area contributed by atoms with Crippen molar-refractivity contribution in [1.82, 2.24) is 20.6 Å². The van der Waals surface area contributed by atoms with Crippen molar-refractivity contribution >= 4 is 22.9 Å². The summed E-state index contributed by atoms with van der Waals surface area (Å²) in [6.45, 7) is 0. The fraction of sp³-hybridized carbons (Fsp3) is 0.0667. The summed E-state index contributed by atoms with van der Waals surface area (Å²) in [5.74, 6) is -1.09. The highest BCUT2D eigenvalue weighted by Crippen LogP contribution is 2.21. The largest absolute Gasteiger partial charge is 0.504 e. The molecule has 0 amide bonds. The number of aliphatic hydroxyl groups excluding tert-OH is 1. The van der Waals surface area contributed by atoms with Crippen LogP contribution in [0.15, 0.2) is 41.8 Å². The van der Waals surface area contributed by atoms with Crippen molar-refractivity contribution < 1.29 is 14.3 Å². The zero-order chi connectivity index (χ0) is 16.2. The van der Waals surface area contributed by atoms with Crippen LogP contribution in [0.3, 0.4) is 0 Å². The molecule has 23 heavy (non-hydrogen) atoms. The number of tetrazole rings is 1. The summed E-state index contributed by atoms with van der Waals surface area (Å²) in [5, 5.41) is 24.0. The van der Waals surface area contributed by atoms with Crippen LogP contribution in [0.5, 0.6) is 0 Å². The molecule has 8 heteroatoms. The number of benzene rings is 1. The molecule has 0 saturated heterocycles. The van der Waals surface area contributed by atoms with Crippen molar-refractivity contribution in [2.24, 2.45) is 0 Å². The van der Waals surface area contributed by atoms with Gasteiger partial charge in [0.2, 0.25) is 5.82 Å². The number of hydrogen-bond acceptors (Lipinski definition) is 6. The second-order valence-corrected chi connectivity index (χ2v) is 5.69. The molecule has 0 aliphatic heterocycles. The molecule has 0 spiro atoms. The third-order valence-corrected chi connectivity index (χ3v) is 4.04. The molecule has 0 aliphatic rings. The normalized spacial score (nSPS) is 11.6. The summed E-state index contributed by atoms with van der Waals surface area (Å²) >= 11 is 1.36. The van der Waals surface area contributed by atoms with Gasteiger partial charge in [0.25, 0.3) is 0 Å². The predicted molar refractivity (Wildman–Crippen MR) is 82.6 cm³/mol. The fourth-order valence-electron chi connectivity index (χ4n) is 1.97. The van der Waals surface area contributed by atoms with E-state index < -0.39 is 0 Å². The predicted octanol–water partition coefficient (Wildman–Crippen LogP) is 2.77. The zero-order valence-corrected chi connectivity index (χ0v) is 12.5. The molecular weight excluding hydrogens is 319 g/mol. The third kappa shape index (κ3) is 3.49. The SMILES string of the molecule is O=C(C=C(O)c1nn[nH]n1)c1csc(Cc2ccccc2F)c1. The number of thiophene rings is 1. The lowest BCUT2D eigenvalue weighted by molar-refractivity contribution is 0.104. The van der Waals surface area contributed by atoms with Gasteiger partial charge in [0.15, 0.2) is 11.5 Å². The Hall–Kier alpha value is -2.87. The maximum absolute atomic E-state index is 13.6. The molecule has 0 fully saturated rings. The molecule has 2 aromatic heterocycles. The highest BCUT2D eigenvalue weighted by Gasteiger charge is 2.12. The van der Waals surface area contributed by atoms with Gasteiger partial charge in [-0.05, 0) is 22.9 Å². The second kappa shape index (κ2) is 6.49. The van der Waals surface area contributed by atoms with Crippen LogP contribution in [0.4, 0.5) is 4.39 Å². The number of nitrogens with zero attached hydrogens (tertiary/aromatic N) is 3. The summed E-state index contributed by atoms with van der Waals surface area (Å²) in [4.78, 5) is 12.9. The van der Waals surface area contributed by atoms with Gasteiger partial charge in [-0.15, -0.1) is 21.5 Å². The van der Waals surface area contributed by atoms with E-state index in [9.17, 15) is 14.3 Å². The number of rotatable bonds is 5. The molecule has 3 rings (SSSR count). The van der Waals surface area contributed by atoms with Crippen LogP contribution in [0.2, 0.25) is 0 Å². The van der Waals surface area contributed by atoms with E-state index in [2.05, 4.69) is 20.6 Å². The number of aromatic nitrogens is 4. The lowest BCUT2D eigenvalue weighted by atomic mass is 10.1. The average molecular weight is 330 g/mol. The average Bonchev–Trinajstić information content (AvgIpc) is 3.21. The smallest absolute Gasteiger partial charge is 0.239 e. The van der Waals surface area contributed by atoms with Gasteiger partial charge in [0, 0.05) is 28.3 Å². The molecule has 3 aromatic rings. The second-order valence-electron chi connectivity index (χ2n) is 4.70. The molecular formula is C15H11FN4O2S. The van der Waals surface area contributed by atoms with Gasteiger partial charge in [0.05, 0.1) is 0 Å².